The van der Waals surface area contributed by atoms with Crippen molar-refractivity contribution in [3.8, 4) is 0 Å². The third-order valence-corrected chi connectivity index (χ3v) is 5.47. The molecule has 2 N–H and O–H groups in total. The Hall–Kier alpha value is -2.48. The van der Waals surface area contributed by atoms with Gasteiger partial charge in [0.1, 0.15) is 0 Å². The van der Waals surface area contributed by atoms with Crippen molar-refractivity contribution in [2.45, 2.75) is 10.5 Å². The smallest absolute Gasteiger partial charge is 0.340 e. The normalized spacial score (nSPS) is 16.7. The molecular formula is C19H18O6S. The Labute approximate surface area is 151 Å². The van der Waals surface area contributed by atoms with E-state index in [2.05, 4.69) is 0 Å². The molecule has 0 saturated heterocycles. The fraction of sp³-hybridized carbons (Fsp3) is 0.211. The van der Waals surface area contributed by atoms with Gasteiger partial charge in [-0.15, -0.1) is 0 Å². The number of hydrogen-bond acceptors (Lipinski definition) is 6. The molecule has 26 heavy (non-hydrogen) atoms. The quantitative estimate of drug-likeness (QED) is 0.765. The van der Waals surface area contributed by atoms with E-state index in [1.807, 2.05) is 0 Å². The summed E-state index contributed by atoms with van der Waals surface area (Å²) in [6.45, 7) is -1.20. The number of aliphatic hydroxyl groups excluding tert-OH is 2. The minimum atomic E-state index is -3.37. The molecule has 7 heteroatoms. The Morgan fingerprint density at radius 2 is 1.50 bits per heavy atom. The number of hydrogen-bond donors (Lipinski definition) is 2. The van der Waals surface area contributed by atoms with Crippen LogP contribution in [0.2, 0.25) is 0 Å². The number of ether oxygens (including phenoxy) is 1. The second-order valence-electron chi connectivity index (χ2n) is 6.11. The van der Waals surface area contributed by atoms with E-state index in [1.54, 1.807) is 30.3 Å². The third-order valence-electron chi connectivity index (χ3n) is 4.34. The van der Waals surface area contributed by atoms with E-state index < -0.39 is 34.6 Å². The monoisotopic (exact) mass is 374 g/mol. The zero-order valence-corrected chi connectivity index (χ0v) is 14.9. The van der Waals surface area contributed by atoms with Gasteiger partial charge in [-0.25, -0.2) is 13.2 Å². The second-order valence-corrected chi connectivity index (χ2v) is 8.13. The summed E-state index contributed by atoms with van der Waals surface area (Å²) in [5.74, 6) is -0.651. The van der Waals surface area contributed by atoms with Crippen LogP contribution in [0, 0.1) is 0 Å². The predicted molar refractivity (Wildman–Crippen MR) is 95.8 cm³/mol. The molecule has 1 aliphatic heterocycles. The molecule has 0 amide bonds. The molecule has 0 aromatic heterocycles. The van der Waals surface area contributed by atoms with Crippen molar-refractivity contribution in [1.29, 1.82) is 0 Å². The molecule has 0 saturated carbocycles. The van der Waals surface area contributed by atoms with Crippen LogP contribution < -0.4 is 0 Å². The highest BCUT2D eigenvalue weighted by molar-refractivity contribution is 7.90. The summed E-state index contributed by atoms with van der Waals surface area (Å²) in [6.07, 6.45) is 1.10. The van der Waals surface area contributed by atoms with Crippen LogP contribution in [0.1, 0.15) is 11.1 Å². The molecule has 0 spiro atoms. The second kappa shape index (κ2) is 6.68. The van der Waals surface area contributed by atoms with Gasteiger partial charge in [0.15, 0.2) is 15.4 Å². The van der Waals surface area contributed by atoms with Crippen LogP contribution in [-0.4, -0.2) is 49.7 Å². The minimum absolute atomic E-state index is 0.131. The summed E-state index contributed by atoms with van der Waals surface area (Å²) in [7, 11) is -3.37. The van der Waals surface area contributed by atoms with Crippen molar-refractivity contribution < 1.29 is 28.2 Å². The molecule has 1 heterocycles. The SMILES string of the molecule is CS(=O)(=O)c1ccc(C2=C(c3ccccc3)C(=O)OC2(CO)CO)cc1. The van der Waals surface area contributed by atoms with E-state index in [4.69, 9.17) is 4.74 Å². The number of carbonyl (C=O) groups is 1. The van der Waals surface area contributed by atoms with E-state index in [0.29, 0.717) is 16.7 Å². The summed E-state index contributed by atoms with van der Waals surface area (Å²) in [5.41, 5.74) is 0.0581. The highest BCUT2D eigenvalue weighted by Crippen LogP contribution is 2.43. The fourth-order valence-corrected chi connectivity index (χ4v) is 3.66. The van der Waals surface area contributed by atoms with Crippen molar-refractivity contribution in [1.82, 2.24) is 0 Å². The van der Waals surface area contributed by atoms with Gasteiger partial charge in [-0.05, 0) is 23.3 Å². The third kappa shape index (κ3) is 3.05. The lowest BCUT2D eigenvalue weighted by Crippen LogP contribution is -2.39. The minimum Gasteiger partial charge on any atom is -0.446 e. The number of aliphatic hydroxyl groups is 2. The van der Waals surface area contributed by atoms with E-state index in [-0.39, 0.29) is 10.5 Å². The van der Waals surface area contributed by atoms with Crippen molar-refractivity contribution in [2.75, 3.05) is 19.5 Å². The first-order valence-electron chi connectivity index (χ1n) is 7.88. The van der Waals surface area contributed by atoms with Gasteiger partial charge in [0.05, 0.1) is 23.7 Å². The van der Waals surface area contributed by atoms with Crippen molar-refractivity contribution >= 4 is 27.0 Å². The molecule has 0 unspecified atom stereocenters. The molecule has 0 bridgehead atoms. The van der Waals surface area contributed by atoms with Gasteiger partial charge < -0.3 is 14.9 Å². The van der Waals surface area contributed by atoms with Crippen LogP contribution in [0.3, 0.4) is 0 Å². The maximum atomic E-state index is 12.5. The molecule has 2 aromatic rings. The average molecular weight is 374 g/mol. The molecule has 0 fully saturated rings. The number of sulfone groups is 1. The number of benzene rings is 2. The highest BCUT2D eigenvalue weighted by Gasteiger charge is 2.48. The summed E-state index contributed by atoms with van der Waals surface area (Å²) in [5, 5.41) is 19.7. The van der Waals surface area contributed by atoms with Crippen LogP contribution in [0.4, 0.5) is 0 Å². The van der Waals surface area contributed by atoms with Crippen molar-refractivity contribution in [3.05, 3.63) is 65.7 Å². The van der Waals surface area contributed by atoms with Crippen molar-refractivity contribution in [2.24, 2.45) is 0 Å². The Bertz CT molecular complexity index is 955. The average Bonchev–Trinajstić information content (AvgIpc) is 2.94. The van der Waals surface area contributed by atoms with Crippen molar-refractivity contribution in [3.63, 3.8) is 0 Å². The molecule has 2 aromatic carbocycles. The molecular weight excluding hydrogens is 356 g/mol. The summed E-state index contributed by atoms with van der Waals surface area (Å²) in [4.78, 5) is 12.7. The lowest BCUT2D eigenvalue weighted by Gasteiger charge is -2.27. The van der Waals surface area contributed by atoms with Crippen LogP contribution in [0.25, 0.3) is 11.1 Å². The van der Waals surface area contributed by atoms with E-state index >= 15 is 0 Å². The Morgan fingerprint density at radius 1 is 0.923 bits per heavy atom. The predicted octanol–water partition coefficient (Wildman–Crippen LogP) is 1.28. The standard InChI is InChI=1S/C19H18O6S/c1-26(23,24)15-9-7-14(8-10-15)17-16(13-5-3-2-4-6-13)18(22)25-19(17,11-20)12-21/h2-10,20-21H,11-12H2,1H3. The molecule has 0 radical (unpaired) electrons. The van der Waals surface area contributed by atoms with E-state index in [9.17, 15) is 23.4 Å². The number of cyclic esters (lactones) is 1. The van der Waals surface area contributed by atoms with Gasteiger partial charge >= 0.3 is 5.97 Å². The lowest BCUT2D eigenvalue weighted by molar-refractivity contribution is -0.150. The van der Waals surface area contributed by atoms with Gasteiger partial charge in [0.25, 0.3) is 0 Å². The van der Waals surface area contributed by atoms with Gasteiger partial charge in [-0.1, -0.05) is 42.5 Å². The maximum absolute atomic E-state index is 12.5. The van der Waals surface area contributed by atoms with Crippen LogP contribution in [-0.2, 0) is 19.4 Å². The van der Waals surface area contributed by atoms with Crippen LogP contribution in [0.15, 0.2) is 59.5 Å². The van der Waals surface area contributed by atoms with Gasteiger partial charge in [-0.2, -0.15) is 0 Å². The number of carbonyl (C=O) groups excluding carboxylic acids is 1. The van der Waals surface area contributed by atoms with Gasteiger partial charge in [0, 0.05) is 11.8 Å². The lowest BCUT2D eigenvalue weighted by atomic mass is 9.85. The Kier molecular flexibility index (Phi) is 4.70. The van der Waals surface area contributed by atoms with E-state index in [0.717, 1.165) is 6.26 Å². The first kappa shape index (κ1) is 18.3. The summed E-state index contributed by atoms with van der Waals surface area (Å²) < 4.78 is 28.7. The number of esters is 1. The zero-order chi connectivity index (χ0) is 18.9. The molecule has 0 atom stereocenters. The summed E-state index contributed by atoms with van der Waals surface area (Å²) >= 11 is 0. The fourth-order valence-electron chi connectivity index (χ4n) is 3.03. The number of rotatable bonds is 5. The van der Waals surface area contributed by atoms with E-state index in [1.165, 1.54) is 24.3 Å². The topological polar surface area (TPSA) is 101 Å². The molecule has 136 valence electrons. The molecule has 3 rings (SSSR count). The maximum Gasteiger partial charge on any atom is 0.340 e. The zero-order valence-electron chi connectivity index (χ0n) is 14.0. The Balaban J connectivity index is 2.25. The van der Waals surface area contributed by atoms with Crippen LogP contribution in [0.5, 0.6) is 0 Å². The summed E-state index contributed by atoms with van der Waals surface area (Å²) in [6, 6.07) is 14.7. The molecule has 0 aliphatic carbocycles. The largest absolute Gasteiger partial charge is 0.446 e. The highest BCUT2D eigenvalue weighted by atomic mass is 32.2. The van der Waals surface area contributed by atoms with Crippen LogP contribution >= 0.6 is 0 Å². The first-order valence-corrected chi connectivity index (χ1v) is 9.77. The molecule has 1 aliphatic rings. The molecule has 6 nitrogen and oxygen atoms in total. The Morgan fingerprint density at radius 3 is 2.00 bits per heavy atom. The van der Waals surface area contributed by atoms with Gasteiger partial charge in [0.2, 0.25) is 0 Å². The first-order chi connectivity index (χ1) is 12.3. The van der Waals surface area contributed by atoms with Gasteiger partial charge in [-0.3, -0.25) is 0 Å².